The van der Waals surface area contributed by atoms with Crippen molar-refractivity contribution in [2.24, 2.45) is 0 Å². The third-order valence-electron chi connectivity index (χ3n) is 2.28. The van der Waals surface area contributed by atoms with Gasteiger partial charge in [-0.05, 0) is 6.42 Å². The Balaban J connectivity index is 2.05. The van der Waals surface area contributed by atoms with E-state index in [4.69, 9.17) is 9.26 Å². The van der Waals surface area contributed by atoms with Crippen molar-refractivity contribution in [2.75, 3.05) is 19.5 Å². The lowest BCUT2D eigenvalue weighted by molar-refractivity contribution is 0.0967. The molecule has 2 rings (SSSR count). The topological polar surface area (TPSA) is 69.4 Å². The van der Waals surface area contributed by atoms with Crippen molar-refractivity contribution in [2.45, 2.75) is 6.42 Å². The number of Topliss-reactive ketones (excluding diaryl/α,β-unsaturated/α-hetero) is 1. The Morgan fingerprint density at radius 2 is 2.29 bits per heavy atom. The van der Waals surface area contributed by atoms with Crippen LogP contribution < -0.4 is 0 Å². The van der Waals surface area contributed by atoms with Crippen molar-refractivity contribution < 1.29 is 18.8 Å². The summed E-state index contributed by atoms with van der Waals surface area (Å²) in [6.07, 6.45) is 3.43. The summed E-state index contributed by atoms with van der Waals surface area (Å²) in [6, 6.07) is 0. The molecule has 1 aliphatic rings. The summed E-state index contributed by atoms with van der Waals surface area (Å²) in [5.41, 5.74) is 0.256. The van der Waals surface area contributed by atoms with E-state index < -0.39 is 0 Å². The quantitative estimate of drug-likeness (QED) is 0.744. The molecule has 1 aromatic rings. The maximum absolute atomic E-state index is 11.9. The SMILES string of the molecule is COCCCSC1=CC(=O)c2oncc2C1=O. The number of hydrogen-bond donors (Lipinski definition) is 0. The molecule has 17 heavy (non-hydrogen) atoms. The van der Waals surface area contributed by atoms with Gasteiger partial charge >= 0.3 is 0 Å². The average molecular weight is 253 g/mol. The first-order chi connectivity index (χ1) is 8.24. The molecule has 90 valence electrons. The summed E-state index contributed by atoms with van der Waals surface area (Å²) < 4.78 is 9.65. The number of carbonyl (C=O) groups excluding carboxylic acids is 2. The summed E-state index contributed by atoms with van der Waals surface area (Å²) in [5, 5.41) is 3.47. The van der Waals surface area contributed by atoms with E-state index in [0.29, 0.717) is 11.5 Å². The van der Waals surface area contributed by atoms with Crippen LogP contribution in [-0.2, 0) is 4.74 Å². The van der Waals surface area contributed by atoms with Crippen LogP contribution in [0.4, 0.5) is 0 Å². The van der Waals surface area contributed by atoms with Gasteiger partial charge in [-0.2, -0.15) is 0 Å². The van der Waals surface area contributed by atoms with E-state index in [9.17, 15) is 9.59 Å². The highest BCUT2D eigenvalue weighted by Gasteiger charge is 2.29. The lowest BCUT2D eigenvalue weighted by atomic mass is 10.0. The predicted octanol–water partition coefficient (Wildman–Crippen LogP) is 1.71. The molecule has 0 saturated heterocycles. The van der Waals surface area contributed by atoms with Crippen LogP contribution in [0.1, 0.15) is 27.3 Å². The van der Waals surface area contributed by atoms with Crippen molar-refractivity contribution in [1.82, 2.24) is 5.16 Å². The predicted molar refractivity (Wildman–Crippen MR) is 62.2 cm³/mol. The highest BCUT2D eigenvalue weighted by Crippen LogP contribution is 2.28. The van der Waals surface area contributed by atoms with Crippen LogP contribution >= 0.6 is 11.8 Å². The van der Waals surface area contributed by atoms with Gasteiger partial charge in [-0.3, -0.25) is 9.59 Å². The fraction of sp³-hybridized carbons (Fsp3) is 0.364. The minimum atomic E-state index is -0.300. The third-order valence-corrected chi connectivity index (χ3v) is 3.38. The summed E-state index contributed by atoms with van der Waals surface area (Å²) in [4.78, 5) is 24.0. The van der Waals surface area contributed by atoms with E-state index >= 15 is 0 Å². The molecule has 0 spiro atoms. The molecule has 1 heterocycles. The molecule has 0 amide bonds. The van der Waals surface area contributed by atoms with Gasteiger partial charge in [0.2, 0.25) is 17.3 Å². The zero-order valence-electron chi connectivity index (χ0n) is 9.26. The summed E-state index contributed by atoms with van der Waals surface area (Å²) >= 11 is 1.36. The van der Waals surface area contributed by atoms with Crippen molar-refractivity contribution in [1.29, 1.82) is 0 Å². The Morgan fingerprint density at radius 3 is 3.06 bits per heavy atom. The van der Waals surface area contributed by atoms with E-state index in [-0.39, 0.29) is 22.9 Å². The van der Waals surface area contributed by atoms with E-state index in [1.54, 1.807) is 7.11 Å². The Hall–Kier alpha value is -1.40. The van der Waals surface area contributed by atoms with Gasteiger partial charge in [-0.25, -0.2) is 0 Å². The van der Waals surface area contributed by atoms with Gasteiger partial charge in [0.05, 0.1) is 16.7 Å². The van der Waals surface area contributed by atoms with Gasteiger partial charge in [-0.1, -0.05) is 5.16 Å². The Morgan fingerprint density at radius 1 is 1.47 bits per heavy atom. The van der Waals surface area contributed by atoms with Gasteiger partial charge < -0.3 is 9.26 Å². The molecule has 0 saturated carbocycles. The molecule has 0 atom stereocenters. The second kappa shape index (κ2) is 5.29. The summed E-state index contributed by atoms with van der Waals surface area (Å²) in [5.74, 6) is 0.283. The first kappa shape index (κ1) is 12.1. The zero-order chi connectivity index (χ0) is 12.3. The standard InChI is InChI=1S/C11H11NO4S/c1-15-3-2-4-17-9-5-8(13)11-7(10(9)14)6-12-16-11/h5-6H,2-4H2,1H3. The molecule has 6 heteroatoms. The maximum Gasteiger partial charge on any atom is 0.225 e. The van der Waals surface area contributed by atoms with E-state index in [1.807, 2.05) is 0 Å². The number of ether oxygens (including phenoxy) is 1. The van der Waals surface area contributed by atoms with Crippen LogP contribution in [0.2, 0.25) is 0 Å². The molecular formula is C11H11NO4S. The van der Waals surface area contributed by atoms with Crippen LogP contribution in [0, 0.1) is 0 Å². The number of carbonyl (C=O) groups is 2. The lowest BCUT2D eigenvalue weighted by Crippen LogP contribution is -2.13. The number of nitrogens with zero attached hydrogens (tertiary/aromatic N) is 1. The largest absolute Gasteiger partial charge is 0.385 e. The number of rotatable bonds is 5. The number of thioether (sulfide) groups is 1. The number of methoxy groups -OCH3 is 1. The summed E-state index contributed by atoms with van der Waals surface area (Å²) in [6.45, 7) is 0.640. The summed E-state index contributed by atoms with van der Waals surface area (Å²) in [7, 11) is 1.63. The van der Waals surface area contributed by atoms with Gasteiger partial charge in [-0.15, -0.1) is 11.8 Å². The van der Waals surface area contributed by atoms with Crippen molar-refractivity contribution in [3.63, 3.8) is 0 Å². The van der Waals surface area contributed by atoms with Gasteiger partial charge in [0.15, 0.2) is 0 Å². The number of fused-ring (bicyclic) bond motifs is 1. The fourth-order valence-corrected chi connectivity index (χ4v) is 2.37. The van der Waals surface area contributed by atoms with E-state index in [0.717, 1.165) is 12.2 Å². The van der Waals surface area contributed by atoms with Crippen LogP contribution in [0.5, 0.6) is 0 Å². The fourth-order valence-electron chi connectivity index (χ4n) is 1.45. The third kappa shape index (κ3) is 2.48. The second-order valence-corrected chi connectivity index (χ2v) is 4.60. The Labute approximate surface area is 102 Å². The van der Waals surface area contributed by atoms with Crippen molar-refractivity contribution in [3.05, 3.63) is 28.5 Å². The first-order valence-corrected chi connectivity index (χ1v) is 6.09. The molecule has 0 aliphatic heterocycles. The monoisotopic (exact) mass is 253 g/mol. The molecule has 0 fully saturated rings. The second-order valence-electron chi connectivity index (χ2n) is 3.47. The molecule has 0 N–H and O–H groups in total. The van der Waals surface area contributed by atoms with E-state index in [2.05, 4.69) is 5.16 Å². The minimum Gasteiger partial charge on any atom is -0.385 e. The van der Waals surface area contributed by atoms with Crippen LogP contribution in [0.15, 0.2) is 21.7 Å². The number of aromatic nitrogens is 1. The molecule has 0 bridgehead atoms. The highest BCUT2D eigenvalue weighted by atomic mass is 32.2. The molecule has 0 unspecified atom stereocenters. The van der Waals surface area contributed by atoms with Crippen LogP contribution in [0.3, 0.4) is 0 Å². The lowest BCUT2D eigenvalue weighted by Gasteiger charge is -2.09. The van der Waals surface area contributed by atoms with Crippen LogP contribution in [-0.4, -0.2) is 36.2 Å². The van der Waals surface area contributed by atoms with E-state index in [1.165, 1.54) is 24.0 Å². The molecule has 0 aromatic carbocycles. The number of ketones is 2. The van der Waals surface area contributed by atoms with Gasteiger partial charge in [0.1, 0.15) is 0 Å². The van der Waals surface area contributed by atoms with Crippen LogP contribution in [0.25, 0.3) is 0 Å². The molecular weight excluding hydrogens is 242 g/mol. The number of allylic oxidation sites excluding steroid dienone is 2. The molecule has 0 radical (unpaired) electrons. The normalized spacial score (nSPS) is 14.8. The van der Waals surface area contributed by atoms with Gasteiger partial charge in [0.25, 0.3) is 0 Å². The van der Waals surface area contributed by atoms with Crippen molar-refractivity contribution in [3.8, 4) is 0 Å². The molecule has 1 aliphatic carbocycles. The first-order valence-electron chi connectivity index (χ1n) is 5.11. The Bertz CT molecular complexity index is 478. The molecule has 5 nitrogen and oxygen atoms in total. The van der Waals surface area contributed by atoms with Crippen molar-refractivity contribution >= 4 is 23.3 Å². The molecule has 1 aromatic heterocycles. The van der Waals surface area contributed by atoms with Gasteiger partial charge in [0, 0.05) is 25.5 Å². The Kier molecular flexibility index (Phi) is 3.75. The number of hydrogen-bond acceptors (Lipinski definition) is 6. The average Bonchev–Trinajstić information content (AvgIpc) is 2.80. The minimum absolute atomic E-state index is 0.0382. The smallest absolute Gasteiger partial charge is 0.225 e. The highest BCUT2D eigenvalue weighted by molar-refractivity contribution is 8.04. The maximum atomic E-state index is 11.9. The zero-order valence-corrected chi connectivity index (χ0v) is 10.1.